The maximum absolute atomic E-state index is 11.3. The number of aliphatic hydroxyl groups excluding tert-OH is 1. The summed E-state index contributed by atoms with van der Waals surface area (Å²) in [5, 5.41) is 9.76. The average Bonchev–Trinajstić information content (AvgIpc) is 2.37. The van der Waals surface area contributed by atoms with E-state index in [0.717, 1.165) is 12.8 Å². The molecule has 1 aromatic rings. The topological polar surface area (TPSA) is 55.8 Å². The van der Waals surface area contributed by atoms with Crippen LogP contribution in [0.5, 0.6) is 5.75 Å². The van der Waals surface area contributed by atoms with Crippen molar-refractivity contribution < 1.29 is 19.4 Å². The molecular weight excluding hydrogens is 268 g/mol. The SMILES string of the molecule is CCCCOC(=O)COc1ccc([C@@H](C)O)cc1Cl. The third kappa shape index (κ3) is 5.49. The number of esters is 1. The van der Waals surface area contributed by atoms with Gasteiger partial charge in [0.25, 0.3) is 0 Å². The zero-order valence-corrected chi connectivity index (χ0v) is 11.9. The summed E-state index contributed by atoms with van der Waals surface area (Å²) < 4.78 is 10.2. The van der Waals surface area contributed by atoms with E-state index in [-0.39, 0.29) is 6.61 Å². The molecule has 1 aromatic carbocycles. The predicted molar refractivity (Wildman–Crippen MR) is 73.4 cm³/mol. The van der Waals surface area contributed by atoms with Crippen molar-refractivity contribution in [3.63, 3.8) is 0 Å². The summed E-state index contributed by atoms with van der Waals surface area (Å²) in [6.07, 6.45) is 1.22. The fourth-order valence-electron chi connectivity index (χ4n) is 1.40. The van der Waals surface area contributed by atoms with E-state index in [0.29, 0.717) is 22.9 Å². The van der Waals surface area contributed by atoms with Gasteiger partial charge in [0.05, 0.1) is 17.7 Å². The van der Waals surface area contributed by atoms with Crippen LogP contribution >= 0.6 is 11.6 Å². The van der Waals surface area contributed by atoms with Gasteiger partial charge in [0.1, 0.15) is 5.75 Å². The van der Waals surface area contributed by atoms with Crippen LogP contribution in [0.1, 0.15) is 38.4 Å². The predicted octanol–water partition coefficient (Wildman–Crippen LogP) is 3.12. The number of aliphatic hydroxyl groups is 1. The first-order valence-corrected chi connectivity index (χ1v) is 6.68. The Morgan fingerprint density at radius 3 is 2.79 bits per heavy atom. The zero-order chi connectivity index (χ0) is 14.3. The molecule has 0 aliphatic carbocycles. The van der Waals surface area contributed by atoms with E-state index < -0.39 is 12.1 Å². The molecule has 19 heavy (non-hydrogen) atoms. The number of carbonyl (C=O) groups excluding carboxylic acids is 1. The molecule has 0 aliphatic rings. The summed E-state index contributed by atoms with van der Waals surface area (Å²) in [5.41, 5.74) is 0.697. The van der Waals surface area contributed by atoms with Gasteiger partial charge in [-0.1, -0.05) is 31.0 Å². The van der Waals surface area contributed by atoms with E-state index in [1.54, 1.807) is 25.1 Å². The third-order valence-corrected chi connectivity index (χ3v) is 2.84. The molecule has 106 valence electrons. The van der Waals surface area contributed by atoms with Gasteiger partial charge in [0, 0.05) is 0 Å². The van der Waals surface area contributed by atoms with Crippen LogP contribution in [0, 0.1) is 0 Å². The quantitative estimate of drug-likeness (QED) is 0.618. The largest absolute Gasteiger partial charge is 0.480 e. The molecule has 0 spiro atoms. The highest BCUT2D eigenvalue weighted by Crippen LogP contribution is 2.27. The van der Waals surface area contributed by atoms with Gasteiger partial charge in [-0.25, -0.2) is 4.79 Å². The van der Waals surface area contributed by atoms with Crippen molar-refractivity contribution in [1.82, 2.24) is 0 Å². The lowest BCUT2D eigenvalue weighted by molar-refractivity contribution is -0.146. The Hall–Kier alpha value is -1.26. The Morgan fingerprint density at radius 1 is 1.47 bits per heavy atom. The zero-order valence-electron chi connectivity index (χ0n) is 11.2. The van der Waals surface area contributed by atoms with Crippen LogP contribution in [-0.4, -0.2) is 24.3 Å². The minimum absolute atomic E-state index is 0.169. The normalized spacial score (nSPS) is 12.0. The summed E-state index contributed by atoms with van der Waals surface area (Å²) in [6.45, 7) is 3.91. The number of hydrogen-bond acceptors (Lipinski definition) is 4. The maximum atomic E-state index is 11.3. The van der Waals surface area contributed by atoms with Crippen LogP contribution in [-0.2, 0) is 9.53 Å². The second kappa shape index (κ2) is 8.02. The maximum Gasteiger partial charge on any atom is 0.344 e. The van der Waals surface area contributed by atoms with Gasteiger partial charge in [0.15, 0.2) is 6.61 Å². The van der Waals surface area contributed by atoms with Crippen LogP contribution in [0.15, 0.2) is 18.2 Å². The molecule has 0 amide bonds. The molecule has 5 heteroatoms. The molecule has 0 aliphatic heterocycles. The molecule has 1 N–H and O–H groups in total. The lowest BCUT2D eigenvalue weighted by Crippen LogP contribution is -2.15. The summed E-state index contributed by atoms with van der Waals surface area (Å²) >= 11 is 6.00. The van der Waals surface area contributed by atoms with Crippen LogP contribution in [0.25, 0.3) is 0 Å². The van der Waals surface area contributed by atoms with Gasteiger partial charge >= 0.3 is 5.97 Å². The van der Waals surface area contributed by atoms with Crippen molar-refractivity contribution in [2.45, 2.75) is 32.8 Å². The molecule has 1 atom stereocenters. The van der Waals surface area contributed by atoms with Crippen LogP contribution in [0.2, 0.25) is 5.02 Å². The van der Waals surface area contributed by atoms with Crippen LogP contribution < -0.4 is 4.74 Å². The highest BCUT2D eigenvalue weighted by Gasteiger charge is 2.09. The summed E-state index contributed by atoms with van der Waals surface area (Å²) in [6, 6.07) is 4.95. The molecule has 0 fully saturated rings. The fraction of sp³-hybridized carbons (Fsp3) is 0.500. The molecule has 0 heterocycles. The van der Waals surface area contributed by atoms with E-state index >= 15 is 0 Å². The van der Waals surface area contributed by atoms with Gasteiger partial charge in [-0.15, -0.1) is 0 Å². The van der Waals surface area contributed by atoms with Crippen LogP contribution in [0.4, 0.5) is 0 Å². The molecule has 0 unspecified atom stereocenters. The van der Waals surface area contributed by atoms with Gasteiger partial charge < -0.3 is 14.6 Å². The number of halogens is 1. The fourth-order valence-corrected chi connectivity index (χ4v) is 1.65. The highest BCUT2D eigenvalue weighted by molar-refractivity contribution is 6.32. The Kier molecular flexibility index (Phi) is 6.67. The van der Waals surface area contributed by atoms with Gasteiger partial charge in [-0.05, 0) is 31.0 Å². The Bertz CT molecular complexity index is 418. The first-order chi connectivity index (χ1) is 9.04. The minimum Gasteiger partial charge on any atom is -0.480 e. The van der Waals surface area contributed by atoms with Crippen molar-refractivity contribution in [3.8, 4) is 5.75 Å². The second-order valence-corrected chi connectivity index (χ2v) is 4.64. The van der Waals surface area contributed by atoms with E-state index in [9.17, 15) is 9.90 Å². The molecule has 4 nitrogen and oxygen atoms in total. The van der Waals surface area contributed by atoms with Gasteiger partial charge in [-0.2, -0.15) is 0 Å². The first kappa shape index (κ1) is 15.8. The number of carbonyl (C=O) groups is 1. The van der Waals surface area contributed by atoms with Crippen molar-refractivity contribution >= 4 is 17.6 Å². The van der Waals surface area contributed by atoms with Crippen LogP contribution in [0.3, 0.4) is 0 Å². The molecule has 1 rings (SSSR count). The monoisotopic (exact) mass is 286 g/mol. The lowest BCUT2D eigenvalue weighted by Gasteiger charge is -2.10. The van der Waals surface area contributed by atoms with E-state index in [1.165, 1.54) is 0 Å². The molecule has 0 aromatic heterocycles. The van der Waals surface area contributed by atoms with E-state index in [1.807, 2.05) is 6.92 Å². The van der Waals surface area contributed by atoms with Crippen molar-refractivity contribution in [2.75, 3.05) is 13.2 Å². The smallest absolute Gasteiger partial charge is 0.344 e. The van der Waals surface area contributed by atoms with Crippen molar-refractivity contribution in [3.05, 3.63) is 28.8 Å². The average molecular weight is 287 g/mol. The first-order valence-electron chi connectivity index (χ1n) is 6.30. The Labute approximate surface area is 118 Å². The number of hydrogen-bond donors (Lipinski definition) is 1. The number of rotatable bonds is 7. The van der Waals surface area contributed by atoms with Crippen molar-refractivity contribution in [2.24, 2.45) is 0 Å². The third-order valence-electron chi connectivity index (χ3n) is 2.54. The number of benzene rings is 1. The molecular formula is C14H19ClO4. The molecule has 0 bridgehead atoms. The number of unbranched alkanes of at least 4 members (excludes halogenated alkanes) is 1. The standard InChI is InChI=1S/C14H19ClO4/c1-3-4-7-18-14(17)9-19-13-6-5-11(10(2)16)8-12(13)15/h5-6,8,10,16H,3-4,7,9H2,1-2H3/t10-/m1/s1. The molecule has 0 saturated heterocycles. The van der Waals surface area contributed by atoms with E-state index in [4.69, 9.17) is 21.1 Å². The summed E-state index contributed by atoms with van der Waals surface area (Å²) in [7, 11) is 0. The minimum atomic E-state index is -0.592. The van der Waals surface area contributed by atoms with Gasteiger partial charge in [-0.3, -0.25) is 0 Å². The second-order valence-electron chi connectivity index (χ2n) is 4.23. The number of ether oxygens (including phenoxy) is 2. The Balaban J connectivity index is 2.47. The molecule has 0 saturated carbocycles. The molecule has 0 radical (unpaired) electrons. The van der Waals surface area contributed by atoms with Gasteiger partial charge in [0.2, 0.25) is 0 Å². The lowest BCUT2D eigenvalue weighted by atomic mass is 10.1. The summed E-state index contributed by atoms with van der Waals surface area (Å²) in [4.78, 5) is 11.3. The van der Waals surface area contributed by atoms with E-state index in [2.05, 4.69) is 0 Å². The summed E-state index contributed by atoms with van der Waals surface area (Å²) in [5.74, 6) is -0.0115. The van der Waals surface area contributed by atoms with Crippen molar-refractivity contribution in [1.29, 1.82) is 0 Å². The highest BCUT2D eigenvalue weighted by atomic mass is 35.5. The Morgan fingerprint density at radius 2 is 2.21 bits per heavy atom.